The van der Waals surface area contributed by atoms with Crippen molar-refractivity contribution in [3.05, 3.63) is 33.4 Å². The van der Waals surface area contributed by atoms with E-state index in [0.29, 0.717) is 5.92 Å². The first kappa shape index (κ1) is 13.2. The molecule has 0 unspecified atom stereocenters. The second-order valence-electron chi connectivity index (χ2n) is 3.91. The first-order valence-electron chi connectivity index (χ1n) is 4.87. The highest BCUT2D eigenvalue weighted by Gasteiger charge is 2.34. The molecule has 0 aliphatic heterocycles. The van der Waals surface area contributed by atoms with E-state index in [1.54, 1.807) is 0 Å². The molecular formula is C11H15ClINO. The predicted molar refractivity (Wildman–Crippen MR) is 72.1 cm³/mol. The van der Waals surface area contributed by atoms with Crippen molar-refractivity contribution in [1.82, 2.24) is 0 Å². The zero-order chi connectivity index (χ0) is 10.1. The summed E-state index contributed by atoms with van der Waals surface area (Å²) in [6.45, 7) is 0. The molecule has 0 aromatic heterocycles. The van der Waals surface area contributed by atoms with E-state index in [2.05, 4.69) is 22.6 Å². The van der Waals surface area contributed by atoms with Crippen molar-refractivity contribution in [2.24, 2.45) is 11.7 Å². The van der Waals surface area contributed by atoms with Gasteiger partial charge in [0.15, 0.2) is 0 Å². The van der Waals surface area contributed by atoms with Gasteiger partial charge in [-0.3, -0.25) is 0 Å². The van der Waals surface area contributed by atoms with E-state index in [-0.39, 0.29) is 24.6 Å². The van der Waals surface area contributed by atoms with Crippen LogP contribution in [0, 0.1) is 9.49 Å². The second-order valence-corrected chi connectivity index (χ2v) is 5.15. The summed E-state index contributed by atoms with van der Waals surface area (Å²) in [5.41, 5.74) is 7.01. The summed E-state index contributed by atoms with van der Waals surface area (Å²) >= 11 is 2.26. The summed E-state index contributed by atoms with van der Waals surface area (Å²) in [6.07, 6.45) is 1.88. The third kappa shape index (κ3) is 3.31. The van der Waals surface area contributed by atoms with Crippen LogP contribution in [0.2, 0.25) is 0 Å². The lowest BCUT2D eigenvalue weighted by atomic mass is 9.99. The molecule has 2 rings (SSSR count). The monoisotopic (exact) mass is 339 g/mol. The molecule has 0 heterocycles. The molecule has 1 aromatic rings. The maximum Gasteiger partial charge on any atom is 0.0760 e. The van der Waals surface area contributed by atoms with Gasteiger partial charge in [-0.1, -0.05) is 12.1 Å². The lowest BCUT2D eigenvalue weighted by molar-refractivity contribution is 0.122. The Labute approximate surface area is 110 Å². The minimum atomic E-state index is -0.366. The Hall–Kier alpha value is 0.160. The smallest absolute Gasteiger partial charge is 0.0760 e. The molecule has 0 spiro atoms. The number of aliphatic hydroxyl groups is 1. The topological polar surface area (TPSA) is 46.2 Å². The van der Waals surface area contributed by atoms with Crippen molar-refractivity contribution in [2.75, 3.05) is 0 Å². The van der Waals surface area contributed by atoms with Crippen LogP contribution in [-0.4, -0.2) is 11.2 Å². The van der Waals surface area contributed by atoms with Crippen LogP contribution < -0.4 is 5.73 Å². The number of rotatable bonds is 3. The van der Waals surface area contributed by atoms with E-state index in [4.69, 9.17) is 5.73 Å². The van der Waals surface area contributed by atoms with Gasteiger partial charge in [0.2, 0.25) is 0 Å². The molecule has 2 nitrogen and oxygen atoms in total. The largest absolute Gasteiger partial charge is 0.391 e. The molecule has 4 heteroatoms. The number of aliphatic hydroxyl groups excluding tert-OH is 1. The summed E-state index contributed by atoms with van der Waals surface area (Å²) in [4.78, 5) is 0. The number of hydrogen-bond donors (Lipinski definition) is 2. The summed E-state index contributed by atoms with van der Waals surface area (Å²) in [5.74, 6) is 0.435. The lowest BCUT2D eigenvalue weighted by Gasteiger charge is -2.18. The Bertz CT molecular complexity index is 313. The fraction of sp³-hybridized carbons (Fsp3) is 0.455. The molecule has 1 aliphatic rings. The summed E-state index contributed by atoms with van der Waals surface area (Å²) < 4.78 is 1.19. The predicted octanol–water partition coefficient (Wildman–Crippen LogP) is 2.48. The lowest BCUT2D eigenvalue weighted by Crippen LogP contribution is -2.27. The Morgan fingerprint density at radius 3 is 2.27 bits per heavy atom. The molecule has 2 atom stereocenters. The van der Waals surface area contributed by atoms with Gasteiger partial charge in [-0.2, -0.15) is 0 Å². The number of halogens is 2. The molecule has 0 bridgehead atoms. The molecule has 0 amide bonds. The van der Waals surface area contributed by atoms with Crippen LogP contribution in [0.25, 0.3) is 0 Å². The number of nitrogens with two attached hydrogens (primary N) is 1. The van der Waals surface area contributed by atoms with E-state index in [1.165, 1.54) is 3.57 Å². The first-order chi connectivity index (χ1) is 6.68. The molecule has 15 heavy (non-hydrogen) atoms. The normalized spacial score (nSPS) is 19.1. The van der Waals surface area contributed by atoms with Crippen LogP contribution in [0.5, 0.6) is 0 Å². The van der Waals surface area contributed by atoms with Crippen LogP contribution in [0.15, 0.2) is 24.3 Å². The van der Waals surface area contributed by atoms with Crippen molar-refractivity contribution >= 4 is 35.0 Å². The van der Waals surface area contributed by atoms with Crippen LogP contribution in [0.1, 0.15) is 24.4 Å². The molecule has 1 aromatic carbocycles. The quantitative estimate of drug-likeness (QED) is 0.831. The van der Waals surface area contributed by atoms with Gasteiger partial charge in [0.1, 0.15) is 0 Å². The highest BCUT2D eigenvalue weighted by atomic mass is 127. The molecule has 1 saturated carbocycles. The molecule has 0 saturated heterocycles. The average Bonchev–Trinajstić information content (AvgIpc) is 3.00. The van der Waals surface area contributed by atoms with Gasteiger partial charge in [-0.15, -0.1) is 12.4 Å². The van der Waals surface area contributed by atoms with Crippen LogP contribution in [-0.2, 0) is 0 Å². The average molecular weight is 340 g/mol. The molecule has 1 fully saturated rings. The van der Waals surface area contributed by atoms with E-state index >= 15 is 0 Å². The fourth-order valence-electron chi connectivity index (χ4n) is 1.61. The molecule has 84 valence electrons. The molecular weight excluding hydrogens is 324 g/mol. The van der Waals surface area contributed by atoms with Gasteiger partial charge in [-0.05, 0) is 59.0 Å². The summed E-state index contributed by atoms with van der Waals surface area (Å²) in [7, 11) is 0. The third-order valence-electron chi connectivity index (χ3n) is 2.73. The zero-order valence-electron chi connectivity index (χ0n) is 8.27. The van der Waals surface area contributed by atoms with E-state index in [0.717, 1.165) is 18.4 Å². The van der Waals surface area contributed by atoms with E-state index in [1.807, 2.05) is 24.3 Å². The van der Waals surface area contributed by atoms with Gasteiger partial charge in [0.05, 0.1) is 12.1 Å². The summed E-state index contributed by atoms with van der Waals surface area (Å²) in [5, 5.41) is 9.85. The van der Waals surface area contributed by atoms with E-state index in [9.17, 15) is 5.11 Å². The van der Waals surface area contributed by atoms with Crippen LogP contribution in [0.4, 0.5) is 0 Å². The van der Waals surface area contributed by atoms with Crippen molar-refractivity contribution in [1.29, 1.82) is 0 Å². The Morgan fingerprint density at radius 1 is 1.27 bits per heavy atom. The Balaban J connectivity index is 0.00000112. The van der Waals surface area contributed by atoms with Gasteiger partial charge >= 0.3 is 0 Å². The van der Waals surface area contributed by atoms with Gasteiger partial charge in [-0.25, -0.2) is 0 Å². The van der Waals surface area contributed by atoms with Gasteiger partial charge in [0.25, 0.3) is 0 Å². The maximum absolute atomic E-state index is 9.85. The number of benzene rings is 1. The zero-order valence-corrected chi connectivity index (χ0v) is 11.2. The maximum atomic E-state index is 9.85. The first-order valence-corrected chi connectivity index (χ1v) is 5.95. The van der Waals surface area contributed by atoms with Crippen LogP contribution in [0.3, 0.4) is 0 Å². The minimum Gasteiger partial charge on any atom is -0.391 e. The Morgan fingerprint density at radius 2 is 1.80 bits per heavy atom. The number of hydrogen-bond acceptors (Lipinski definition) is 2. The highest BCUT2D eigenvalue weighted by Crippen LogP contribution is 2.37. The van der Waals surface area contributed by atoms with E-state index < -0.39 is 0 Å². The van der Waals surface area contributed by atoms with Crippen LogP contribution >= 0.6 is 35.0 Å². The minimum absolute atomic E-state index is 0. The third-order valence-corrected chi connectivity index (χ3v) is 3.45. The molecule has 3 N–H and O–H groups in total. The van der Waals surface area contributed by atoms with Crippen molar-refractivity contribution in [2.45, 2.75) is 25.0 Å². The SMILES string of the molecule is Cl.N[C@@H](c1ccc(I)cc1)[C@H](O)C1CC1. The fourth-order valence-corrected chi connectivity index (χ4v) is 1.97. The Kier molecular flexibility index (Phi) is 4.83. The van der Waals surface area contributed by atoms with Crippen molar-refractivity contribution in [3.63, 3.8) is 0 Å². The van der Waals surface area contributed by atoms with Crippen molar-refractivity contribution in [3.8, 4) is 0 Å². The standard InChI is InChI=1S/C11H14INO.ClH/c12-9-5-3-7(4-6-9)10(13)11(14)8-1-2-8;/h3-6,8,10-11,14H,1-2,13H2;1H/t10-,11+;/m0./s1. The van der Waals surface area contributed by atoms with Gasteiger partial charge < -0.3 is 10.8 Å². The summed E-state index contributed by atoms with van der Waals surface area (Å²) in [6, 6.07) is 7.82. The molecule has 0 radical (unpaired) electrons. The second kappa shape index (κ2) is 5.48. The highest BCUT2D eigenvalue weighted by molar-refractivity contribution is 14.1. The van der Waals surface area contributed by atoms with Gasteiger partial charge in [0, 0.05) is 3.57 Å². The van der Waals surface area contributed by atoms with Crippen molar-refractivity contribution < 1.29 is 5.11 Å². The molecule has 1 aliphatic carbocycles.